The zero-order valence-electron chi connectivity index (χ0n) is 23.5. The minimum atomic E-state index is -0.980. The largest absolute Gasteiger partial charge is 0.480 e. The molecule has 12 heteroatoms. The molecule has 226 valence electrons. The van der Waals surface area contributed by atoms with Crippen LogP contribution in [0.4, 0.5) is 0 Å². The average molecular weight is 649 g/mol. The summed E-state index contributed by atoms with van der Waals surface area (Å²) >= 11 is 3.21. The molecule has 6 atom stereocenters. The maximum absolute atomic E-state index is 13.2. The van der Waals surface area contributed by atoms with Crippen molar-refractivity contribution in [3.8, 4) is 0 Å². The van der Waals surface area contributed by atoms with Gasteiger partial charge >= 0.3 is 11.9 Å². The van der Waals surface area contributed by atoms with Crippen LogP contribution in [-0.2, 0) is 19.2 Å². The zero-order chi connectivity index (χ0) is 30.2. The Morgan fingerprint density at radius 2 is 1.05 bits per heavy atom. The third-order valence-corrected chi connectivity index (χ3v) is 12.5. The Kier molecular flexibility index (Phi) is 12.0. The number of carbonyl (C=O) groups excluding carboxylic acids is 2. The molecular weight excluding hydrogens is 613 g/mol. The van der Waals surface area contributed by atoms with E-state index in [2.05, 4.69) is 0 Å². The molecule has 0 saturated carbocycles. The maximum Gasteiger partial charge on any atom is 0.326 e. The highest BCUT2D eigenvalue weighted by atomic mass is 33.1. The van der Waals surface area contributed by atoms with Crippen molar-refractivity contribution in [1.29, 1.82) is 0 Å². The molecule has 2 amide bonds. The second-order valence-corrected chi connectivity index (χ2v) is 15.9. The average Bonchev–Trinajstić information content (AvgIpc) is 3.60. The highest BCUT2D eigenvalue weighted by molar-refractivity contribution is 8.76. The summed E-state index contributed by atoms with van der Waals surface area (Å²) in [7, 11) is 2.97. The topological polar surface area (TPSA) is 115 Å². The fraction of sp³-hybridized carbons (Fsp3) is 0.467. The van der Waals surface area contributed by atoms with Gasteiger partial charge in [-0.1, -0.05) is 71.8 Å². The van der Waals surface area contributed by atoms with Crippen LogP contribution in [0.15, 0.2) is 70.5 Å². The molecule has 2 saturated heterocycles. The second kappa shape index (κ2) is 15.4. The lowest BCUT2D eigenvalue weighted by molar-refractivity contribution is -0.149. The molecule has 8 nitrogen and oxygen atoms in total. The molecule has 2 heterocycles. The van der Waals surface area contributed by atoms with Crippen molar-refractivity contribution in [3.05, 3.63) is 60.7 Å². The van der Waals surface area contributed by atoms with E-state index in [0.717, 1.165) is 9.79 Å². The van der Waals surface area contributed by atoms with Crippen LogP contribution in [0.3, 0.4) is 0 Å². The first-order valence-corrected chi connectivity index (χ1v) is 18.1. The molecular formula is C30H36N2O6S4. The third-order valence-electron chi connectivity index (χ3n) is 7.32. The molecule has 2 aromatic rings. The molecule has 2 aromatic carbocycles. The fourth-order valence-corrected chi connectivity index (χ4v) is 10.2. The van der Waals surface area contributed by atoms with E-state index < -0.39 is 24.0 Å². The fourth-order valence-electron chi connectivity index (χ4n) is 5.11. The number of thioether (sulfide) groups is 2. The van der Waals surface area contributed by atoms with Gasteiger partial charge in [0.15, 0.2) is 0 Å². The summed E-state index contributed by atoms with van der Waals surface area (Å²) in [6, 6.07) is 17.9. The smallest absolute Gasteiger partial charge is 0.326 e. The SMILES string of the molecule is C[C@H](CSSC[C@@H](C)C(=O)N1C[C@@H](Sc2ccccc2)C[C@H]1C(=O)O)C(=O)N1C[C@@H](Sc2ccccc2)CC1C(=O)O. The van der Waals surface area contributed by atoms with Crippen molar-refractivity contribution < 1.29 is 29.4 Å². The van der Waals surface area contributed by atoms with Gasteiger partial charge in [0.05, 0.1) is 0 Å². The van der Waals surface area contributed by atoms with Gasteiger partial charge in [-0.05, 0) is 37.1 Å². The number of carbonyl (C=O) groups is 4. The summed E-state index contributed by atoms with van der Waals surface area (Å²) in [6.45, 7) is 4.42. The molecule has 42 heavy (non-hydrogen) atoms. The van der Waals surface area contributed by atoms with E-state index >= 15 is 0 Å². The molecule has 2 aliphatic rings. The van der Waals surface area contributed by atoms with E-state index in [1.807, 2.05) is 74.5 Å². The predicted molar refractivity (Wildman–Crippen MR) is 171 cm³/mol. The lowest BCUT2D eigenvalue weighted by Crippen LogP contribution is -2.43. The van der Waals surface area contributed by atoms with Crippen LogP contribution in [0.5, 0.6) is 0 Å². The van der Waals surface area contributed by atoms with Crippen LogP contribution in [0, 0.1) is 11.8 Å². The van der Waals surface area contributed by atoms with Crippen LogP contribution in [0.1, 0.15) is 26.7 Å². The lowest BCUT2D eigenvalue weighted by Gasteiger charge is -2.25. The Labute approximate surface area is 263 Å². The van der Waals surface area contributed by atoms with Gasteiger partial charge in [0.1, 0.15) is 12.1 Å². The van der Waals surface area contributed by atoms with Gasteiger partial charge in [0.25, 0.3) is 0 Å². The Balaban J connectivity index is 1.23. The highest BCUT2D eigenvalue weighted by Gasteiger charge is 2.42. The molecule has 0 radical (unpaired) electrons. The number of hydrogen-bond donors (Lipinski definition) is 2. The molecule has 0 aliphatic carbocycles. The summed E-state index contributed by atoms with van der Waals surface area (Å²) in [5, 5.41) is 19.6. The van der Waals surface area contributed by atoms with Crippen LogP contribution in [-0.4, -0.2) is 90.9 Å². The number of benzene rings is 2. The van der Waals surface area contributed by atoms with Crippen molar-refractivity contribution in [2.75, 3.05) is 24.6 Å². The second-order valence-electron chi connectivity index (χ2n) is 10.6. The van der Waals surface area contributed by atoms with Crippen LogP contribution < -0.4 is 0 Å². The van der Waals surface area contributed by atoms with Gasteiger partial charge < -0.3 is 20.0 Å². The van der Waals surface area contributed by atoms with E-state index in [1.54, 1.807) is 23.5 Å². The first-order valence-electron chi connectivity index (χ1n) is 13.9. The van der Waals surface area contributed by atoms with Gasteiger partial charge in [-0.2, -0.15) is 0 Å². The Morgan fingerprint density at radius 3 is 1.38 bits per heavy atom. The molecule has 0 bridgehead atoms. The Hall–Kier alpha value is -2.28. The number of carboxylic acids is 2. The minimum absolute atomic E-state index is 0.0180. The first kappa shape index (κ1) is 32.6. The molecule has 0 aromatic heterocycles. The number of nitrogens with zero attached hydrogens (tertiary/aromatic N) is 2. The molecule has 0 spiro atoms. The van der Waals surface area contributed by atoms with Gasteiger partial charge in [-0.15, -0.1) is 23.5 Å². The molecule has 2 N–H and O–H groups in total. The number of hydrogen-bond acceptors (Lipinski definition) is 8. The third kappa shape index (κ3) is 8.64. The van der Waals surface area contributed by atoms with E-state index in [-0.39, 0.29) is 34.2 Å². The first-order chi connectivity index (χ1) is 20.1. The predicted octanol–water partition coefficient (Wildman–Crippen LogP) is 5.33. The van der Waals surface area contributed by atoms with Crippen molar-refractivity contribution in [3.63, 3.8) is 0 Å². The summed E-state index contributed by atoms with van der Waals surface area (Å²) in [6.07, 6.45) is 0.820. The van der Waals surface area contributed by atoms with Gasteiger partial charge in [-0.25, -0.2) is 9.59 Å². The van der Waals surface area contributed by atoms with Crippen LogP contribution in [0.25, 0.3) is 0 Å². The molecule has 2 fully saturated rings. The highest BCUT2D eigenvalue weighted by Crippen LogP contribution is 2.36. The van der Waals surface area contributed by atoms with E-state index in [4.69, 9.17) is 0 Å². The van der Waals surface area contributed by atoms with Crippen molar-refractivity contribution in [2.45, 2.75) is 59.1 Å². The quantitative estimate of drug-likeness (QED) is 0.218. The van der Waals surface area contributed by atoms with E-state index in [9.17, 15) is 29.4 Å². The number of amides is 2. The van der Waals surface area contributed by atoms with Gasteiger partial charge in [0.2, 0.25) is 11.8 Å². The van der Waals surface area contributed by atoms with Crippen molar-refractivity contribution in [1.82, 2.24) is 9.80 Å². The van der Waals surface area contributed by atoms with Crippen molar-refractivity contribution >= 4 is 68.9 Å². The lowest BCUT2D eigenvalue weighted by atomic mass is 10.1. The van der Waals surface area contributed by atoms with Crippen LogP contribution >= 0.6 is 45.1 Å². The Bertz CT molecular complexity index is 1140. The monoisotopic (exact) mass is 648 g/mol. The summed E-state index contributed by atoms with van der Waals surface area (Å²) in [5.41, 5.74) is 0. The summed E-state index contributed by atoms with van der Waals surface area (Å²) in [4.78, 5) is 55.5. The molecule has 1 unspecified atom stereocenters. The number of carboxylic acid groups (broad SMARTS) is 2. The Morgan fingerprint density at radius 1 is 0.690 bits per heavy atom. The van der Waals surface area contributed by atoms with Gasteiger partial charge in [0, 0.05) is 56.7 Å². The van der Waals surface area contributed by atoms with E-state index in [0.29, 0.717) is 37.4 Å². The van der Waals surface area contributed by atoms with Crippen LogP contribution in [0.2, 0.25) is 0 Å². The number of aliphatic carboxylic acids is 2. The van der Waals surface area contributed by atoms with Gasteiger partial charge in [-0.3, -0.25) is 9.59 Å². The maximum atomic E-state index is 13.2. The number of likely N-dealkylation sites (tertiary alicyclic amines) is 2. The summed E-state index contributed by atoms with van der Waals surface area (Å²) < 4.78 is 0. The zero-order valence-corrected chi connectivity index (χ0v) is 26.8. The minimum Gasteiger partial charge on any atom is -0.480 e. The number of rotatable bonds is 13. The van der Waals surface area contributed by atoms with Crippen molar-refractivity contribution in [2.24, 2.45) is 11.8 Å². The summed E-state index contributed by atoms with van der Waals surface area (Å²) in [5.74, 6) is -2.07. The molecule has 4 rings (SSSR count). The normalized spacial score (nSPS) is 23.5. The standard InChI is InChI=1S/C30H36N2O6S4/c1-19(27(33)31-15-23(13-25(31)29(35)36)41-21-9-5-3-6-10-21)17-39-40-18-20(2)28(34)32-16-24(14-26(32)30(37)38)42-22-11-7-4-8-12-22/h3-12,19-20,23-26H,13-18H2,1-2H3,(H,35,36)(H,37,38)/t19-,20-,23+,24+,25+,26?/m1/s1. The molecule has 2 aliphatic heterocycles. The van der Waals surface area contributed by atoms with E-state index in [1.165, 1.54) is 31.4 Å².